The van der Waals surface area contributed by atoms with Gasteiger partial charge in [-0.3, -0.25) is 9.78 Å². The van der Waals surface area contributed by atoms with Gasteiger partial charge in [0.1, 0.15) is 0 Å². The number of benzene rings is 1. The molecule has 6 heteroatoms. The molecule has 4 rings (SSSR count). The van der Waals surface area contributed by atoms with Gasteiger partial charge in [0, 0.05) is 43.1 Å². The summed E-state index contributed by atoms with van der Waals surface area (Å²) in [7, 11) is 1.59. The quantitative estimate of drug-likeness (QED) is 0.750. The molecule has 0 saturated carbocycles. The number of para-hydroxylation sites is 1. The molecular formula is C21H23N3O3. The van der Waals surface area contributed by atoms with Crippen molar-refractivity contribution in [2.45, 2.75) is 12.8 Å². The van der Waals surface area contributed by atoms with Crippen molar-refractivity contribution in [3.8, 4) is 5.75 Å². The average Bonchev–Trinajstić information content (AvgIpc) is 3.17. The predicted molar refractivity (Wildman–Crippen MR) is 104 cm³/mol. The number of carbonyl (C=O) groups is 1. The maximum Gasteiger partial charge on any atom is 0.287 e. The summed E-state index contributed by atoms with van der Waals surface area (Å²) in [5.41, 5.74) is 1.82. The van der Waals surface area contributed by atoms with Crippen molar-refractivity contribution in [1.82, 2.24) is 10.3 Å². The molecule has 27 heavy (non-hydrogen) atoms. The summed E-state index contributed by atoms with van der Waals surface area (Å²) in [4.78, 5) is 18.9. The smallest absolute Gasteiger partial charge is 0.287 e. The number of piperidine rings is 1. The number of rotatable bonds is 5. The number of hydrogen-bond acceptors (Lipinski definition) is 5. The summed E-state index contributed by atoms with van der Waals surface area (Å²) in [5.74, 6) is 1.26. The van der Waals surface area contributed by atoms with Gasteiger partial charge in [0.15, 0.2) is 17.1 Å². The SMILES string of the molecule is COc1cccc2cc(C(=O)NCC3CCN(c4ccncc4)CC3)oc12. The van der Waals surface area contributed by atoms with Crippen molar-refractivity contribution in [2.75, 3.05) is 31.6 Å². The topological polar surface area (TPSA) is 67.6 Å². The Morgan fingerprint density at radius 1 is 1.26 bits per heavy atom. The summed E-state index contributed by atoms with van der Waals surface area (Å²) < 4.78 is 11.0. The Hall–Kier alpha value is -3.02. The van der Waals surface area contributed by atoms with Gasteiger partial charge in [-0.2, -0.15) is 0 Å². The van der Waals surface area contributed by atoms with Crippen LogP contribution in [0.4, 0.5) is 5.69 Å². The fraction of sp³-hybridized carbons (Fsp3) is 0.333. The molecule has 0 atom stereocenters. The Morgan fingerprint density at radius 3 is 2.78 bits per heavy atom. The normalized spacial score (nSPS) is 15.1. The molecule has 3 heterocycles. The number of carbonyl (C=O) groups excluding carboxylic acids is 1. The number of methoxy groups -OCH3 is 1. The largest absolute Gasteiger partial charge is 0.493 e. The molecular weight excluding hydrogens is 342 g/mol. The molecule has 2 aromatic heterocycles. The highest BCUT2D eigenvalue weighted by atomic mass is 16.5. The van der Waals surface area contributed by atoms with Gasteiger partial charge in [-0.25, -0.2) is 0 Å². The Balaban J connectivity index is 1.32. The van der Waals surface area contributed by atoms with Gasteiger partial charge in [-0.05, 0) is 43.0 Å². The molecule has 0 bridgehead atoms. The van der Waals surface area contributed by atoms with E-state index in [0.29, 0.717) is 29.6 Å². The van der Waals surface area contributed by atoms with Crippen LogP contribution in [0.2, 0.25) is 0 Å². The lowest BCUT2D eigenvalue weighted by Gasteiger charge is -2.33. The summed E-state index contributed by atoms with van der Waals surface area (Å²) in [6, 6.07) is 11.5. The lowest BCUT2D eigenvalue weighted by Crippen LogP contribution is -2.38. The van der Waals surface area contributed by atoms with Crippen molar-refractivity contribution >= 4 is 22.6 Å². The summed E-state index contributed by atoms with van der Waals surface area (Å²) in [6.45, 7) is 2.65. The maximum absolute atomic E-state index is 12.5. The molecule has 3 aromatic rings. The summed E-state index contributed by atoms with van der Waals surface area (Å²) >= 11 is 0. The van der Waals surface area contributed by atoms with E-state index in [2.05, 4.69) is 15.2 Å². The number of aromatic nitrogens is 1. The van der Waals surface area contributed by atoms with Crippen LogP contribution in [-0.2, 0) is 0 Å². The van der Waals surface area contributed by atoms with E-state index in [9.17, 15) is 4.79 Å². The zero-order valence-electron chi connectivity index (χ0n) is 15.4. The molecule has 0 radical (unpaired) electrons. The highest BCUT2D eigenvalue weighted by Gasteiger charge is 2.21. The van der Waals surface area contributed by atoms with E-state index in [-0.39, 0.29) is 5.91 Å². The lowest BCUT2D eigenvalue weighted by atomic mass is 9.96. The van der Waals surface area contributed by atoms with E-state index in [4.69, 9.17) is 9.15 Å². The van der Waals surface area contributed by atoms with E-state index in [1.807, 2.05) is 42.7 Å². The molecule has 1 aliphatic heterocycles. The van der Waals surface area contributed by atoms with Crippen molar-refractivity contribution in [2.24, 2.45) is 5.92 Å². The number of fused-ring (bicyclic) bond motifs is 1. The van der Waals surface area contributed by atoms with Gasteiger partial charge in [0.25, 0.3) is 5.91 Å². The number of nitrogens with one attached hydrogen (secondary N) is 1. The number of ether oxygens (including phenoxy) is 1. The minimum Gasteiger partial charge on any atom is -0.493 e. The highest BCUT2D eigenvalue weighted by molar-refractivity contribution is 5.97. The molecule has 1 amide bonds. The fourth-order valence-corrected chi connectivity index (χ4v) is 3.58. The number of pyridine rings is 1. The molecule has 6 nitrogen and oxygen atoms in total. The van der Waals surface area contributed by atoms with Crippen LogP contribution in [0.25, 0.3) is 11.0 Å². The Morgan fingerprint density at radius 2 is 2.04 bits per heavy atom. The van der Waals surface area contributed by atoms with Crippen LogP contribution in [0, 0.1) is 5.92 Å². The van der Waals surface area contributed by atoms with Crippen LogP contribution >= 0.6 is 0 Å². The second kappa shape index (κ2) is 7.70. The molecule has 140 valence electrons. The van der Waals surface area contributed by atoms with Gasteiger partial charge < -0.3 is 19.4 Å². The van der Waals surface area contributed by atoms with Crippen LogP contribution in [0.3, 0.4) is 0 Å². The lowest BCUT2D eigenvalue weighted by molar-refractivity contribution is 0.0919. The fourth-order valence-electron chi connectivity index (χ4n) is 3.58. The first kappa shape index (κ1) is 17.4. The average molecular weight is 365 g/mol. The van der Waals surface area contributed by atoms with Crippen molar-refractivity contribution in [3.05, 3.63) is 54.6 Å². The first-order chi connectivity index (χ1) is 13.2. The number of hydrogen-bond donors (Lipinski definition) is 1. The van der Waals surface area contributed by atoms with E-state index in [1.165, 1.54) is 5.69 Å². The molecule has 1 aromatic carbocycles. The first-order valence-corrected chi connectivity index (χ1v) is 9.24. The van der Waals surface area contributed by atoms with Crippen molar-refractivity contribution in [3.63, 3.8) is 0 Å². The Labute approximate surface area is 158 Å². The number of amides is 1. The standard InChI is InChI=1S/C21H23N3O3/c1-26-18-4-2-3-16-13-19(27-20(16)18)21(25)23-14-15-7-11-24(12-8-15)17-5-9-22-10-6-17/h2-6,9-10,13,15H,7-8,11-12,14H2,1H3,(H,23,25). The highest BCUT2D eigenvalue weighted by Crippen LogP contribution is 2.28. The molecule has 1 saturated heterocycles. The second-order valence-corrected chi connectivity index (χ2v) is 6.84. The van der Waals surface area contributed by atoms with Crippen molar-refractivity contribution < 1.29 is 13.9 Å². The predicted octanol–water partition coefficient (Wildman–Crippen LogP) is 3.48. The third-order valence-electron chi connectivity index (χ3n) is 5.15. The van der Waals surface area contributed by atoms with Gasteiger partial charge in [-0.1, -0.05) is 12.1 Å². The van der Waals surface area contributed by atoms with Crippen LogP contribution in [-0.4, -0.2) is 37.6 Å². The molecule has 1 aliphatic rings. The molecule has 1 fully saturated rings. The molecule has 0 spiro atoms. The van der Waals surface area contributed by atoms with E-state index in [0.717, 1.165) is 31.3 Å². The molecule has 1 N–H and O–H groups in total. The van der Waals surface area contributed by atoms with Gasteiger partial charge in [-0.15, -0.1) is 0 Å². The zero-order chi connectivity index (χ0) is 18.6. The minimum absolute atomic E-state index is 0.176. The first-order valence-electron chi connectivity index (χ1n) is 9.24. The van der Waals surface area contributed by atoms with Gasteiger partial charge >= 0.3 is 0 Å². The van der Waals surface area contributed by atoms with E-state index < -0.39 is 0 Å². The van der Waals surface area contributed by atoms with Crippen LogP contribution < -0.4 is 15.0 Å². The van der Waals surface area contributed by atoms with E-state index in [1.54, 1.807) is 13.2 Å². The van der Waals surface area contributed by atoms with Gasteiger partial charge in [0.2, 0.25) is 0 Å². The maximum atomic E-state index is 12.5. The number of anilines is 1. The van der Waals surface area contributed by atoms with E-state index >= 15 is 0 Å². The van der Waals surface area contributed by atoms with Crippen LogP contribution in [0.5, 0.6) is 5.75 Å². The third kappa shape index (κ3) is 3.74. The monoisotopic (exact) mass is 365 g/mol. The van der Waals surface area contributed by atoms with Crippen LogP contribution in [0.15, 0.2) is 53.2 Å². The third-order valence-corrected chi connectivity index (χ3v) is 5.15. The Bertz CT molecular complexity index is 915. The molecule has 0 aliphatic carbocycles. The Kier molecular flexibility index (Phi) is 4.96. The van der Waals surface area contributed by atoms with Crippen LogP contribution in [0.1, 0.15) is 23.4 Å². The molecule has 0 unspecified atom stereocenters. The number of nitrogens with zero attached hydrogens (tertiary/aromatic N) is 2. The summed E-state index contributed by atoms with van der Waals surface area (Å²) in [5, 5.41) is 3.89. The minimum atomic E-state index is -0.176. The second-order valence-electron chi connectivity index (χ2n) is 6.84. The van der Waals surface area contributed by atoms with Crippen molar-refractivity contribution in [1.29, 1.82) is 0 Å². The zero-order valence-corrected chi connectivity index (χ0v) is 15.4. The summed E-state index contributed by atoms with van der Waals surface area (Å²) in [6.07, 6.45) is 5.75. The van der Waals surface area contributed by atoms with Gasteiger partial charge in [0.05, 0.1) is 7.11 Å². The number of furan rings is 1.